The monoisotopic (exact) mass is 909 g/mol. The quantitative estimate of drug-likeness (QED) is 0.0380. The van der Waals surface area contributed by atoms with E-state index in [0.29, 0.717) is 0 Å². The molecule has 0 aliphatic carbocycles. The molecule has 0 aliphatic heterocycles. The number of hydrogen-bond acceptors (Lipinski definition) is 18. The van der Waals surface area contributed by atoms with Crippen LogP contribution in [0.2, 0.25) is 0 Å². The van der Waals surface area contributed by atoms with Crippen LogP contribution in [0.1, 0.15) is 20.8 Å². The molecule has 8 amide bonds. The van der Waals surface area contributed by atoms with Crippen LogP contribution in [0, 0.1) is 0 Å². The number of aliphatic carboxylic acids is 1. The molecule has 0 aliphatic rings. The molecule has 0 heterocycles. The number of nitrogens with one attached hydrogen (secondary N) is 8. The first-order valence-corrected chi connectivity index (χ1v) is 20.4. The van der Waals surface area contributed by atoms with Crippen LogP contribution in [0.15, 0.2) is 0 Å². The van der Waals surface area contributed by atoms with Gasteiger partial charge in [0, 0.05) is 34.5 Å². The van der Waals surface area contributed by atoms with Crippen LogP contribution in [-0.2, 0) is 43.2 Å². The molecule has 21 nitrogen and oxygen atoms in total. The van der Waals surface area contributed by atoms with Gasteiger partial charge < -0.3 is 63.6 Å². The SMILES string of the molecule is C[C@H](NC(=O)[C@H](CS)NC(=O)[C@H](CS)NC(=O)[C@@H](NC(=O)[C@H](CS)NC(=O)[C@@H](NC(=O)[C@H](CS)NC(=O)[C@H](CS)NC(=O)[C@@H](N)CS)[C@@H](C)O)[C@@H](C)O)C(=O)O. The van der Waals surface area contributed by atoms with Gasteiger partial charge >= 0.3 is 5.97 Å². The number of carboxylic acid groups (broad SMARTS) is 1. The molecule has 0 aromatic rings. The number of aliphatic hydroxyl groups is 2. The minimum absolute atomic E-state index is 0.0123. The summed E-state index contributed by atoms with van der Waals surface area (Å²) in [6.45, 7) is 3.48. The highest BCUT2D eigenvalue weighted by atomic mass is 32.1. The van der Waals surface area contributed by atoms with Gasteiger partial charge in [-0.05, 0) is 20.8 Å². The fourth-order valence-corrected chi connectivity index (χ4v) is 5.55. The van der Waals surface area contributed by atoms with Gasteiger partial charge in [0.05, 0.1) is 18.2 Å². The molecule has 0 saturated carbocycles. The average molecular weight is 910 g/mol. The van der Waals surface area contributed by atoms with Gasteiger partial charge in [0.2, 0.25) is 47.3 Å². The summed E-state index contributed by atoms with van der Waals surface area (Å²) in [7, 11) is 0. The first-order valence-electron chi connectivity index (χ1n) is 16.6. The normalized spacial score (nSPS) is 16.9. The summed E-state index contributed by atoms with van der Waals surface area (Å²) in [5.41, 5.74) is 5.61. The van der Waals surface area contributed by atoms with E-state index in [1.165, 1.54) is 6.92 Å². The van der Waals surface area contributed by atoms with E-state index in [9.17, 15) is 53.4 Å². The van der Waals surface area contributed by atoms with Gasteiger partial charge in [0.1, 0.15) is 48.3 Å². The summed E-state index contributed by atoms with van der Waals surface area (Å²) in [6, 6.07) is -12.6. The van der Waals surface area contributed by atoms with Crippen LogP contribution in [0.3, 0.4) is 0 Å². The molecular formula is C29H51N9O12S6. The predicted octanol–water partition coefficient (Wildman–Crippen LogP) is -6.36. The van der Waals surface area contributed by atoms with Gasteiger partial charge in [-0.2, -0.15) is 75.8 Å². The van der Waals surface area contributed by atoms with Gasteiger partial charge in [-0.15, -0.1) is 0 Å². The number of aliphatic hydroxyl groups excluding tert-OH is 2. The van der Waals surface area contributed by atoms with E-state index >= 15 is 0 Å². The predicted molar refractivity (Wildman–Crippen MR) is 223 cm³/mol. The summed E-state index contributed by atoms with van der Waals surface area (Å²) in [6.07, 6.45) is -3.15. The lowest BCUT2D eigenvalue weighted by Crippen LogP contribution is -2.63. The van der Waals surface area contributed by atoms with Crippen molar-refractivity contribution in [3.05, 3.63) is 0 Å². The minimum atomic E-state index is -1.73. The molecule has 0 radical (unpaired) electrons. The summed E-state index contributed by atoms with van der Waals surface area (Å²) >= 11 is 24.1. The van der Waals surface area contributed by atoms with Crippen molar-refractivity contribution in [1.29, 1.82) is 0 Å². The molecule has 0 spiro atoms. The largest absolute Gasteiger partial charge is 0.480 e. The van der Waals surface area contributed by atoms with E-state index in [4.69, 9.17) is 10.8 Å². The summed E-state index contributed by atoms with van der Waals surface area (Å²) in [4.78, 5) is 114. The molecule has 13 N–H and O–H groups in total. The van der Waals surface area contributed by atoms with Gasteiger partial charge in [-0.3, -0.25) is 43.2 Å². The molecule has 0 aromatic carbocycles. The Morgan fingerprint density at radius 2 is 0.679 bits per heavy atom. The first-order chi connectivity index (χ1) is 26.1. The maximum absolute atomic E-state index is 13.2. The van der Waals surface area contributed by atoms with Crippen LogP contribution in [0.4, 0.5) is 0 Å². The Labute approximate surface area is 355 Å². The Kier molecular flexibility index (Phi) is 25.7. The van der Waals surface area contributed by atoms with E-state index < -0.39 is 126 Å². The number of rotatable bonds is 25. The highest BCUT2D eigenvalue weighted by Crippen LogP contribution is 2.04. The number of thiol groups is 6. The maximum Gasteiger partial charge on any atom is 0.325 e. The molecule has 0 fully saturated rings. The molecule has 320 valence electrons. The molecule has 0 aromatic heterocycles. The van der Waals surface area contributed by atoms with Crippen LogP contribution >= 0.6 is 75.8 Å². The summed E-state index contributed by atoms with van der Waals surface area (Å²) < 4.78 is 0. The second-order valence-electron chi connectivity index (χ2n) is 12.0. The lowest BCUT2D eigenvalue weighted by atomic mass is 10.1. The molecule has 0 saturated heterocycles. The zero-order chi connectivity index (χ0) is 43.4. The van der Waals surface area contributed by atoms with Crippen LogP contribution < -0.4 is 48.3 Å². The van der Waals surface area contributed by atoms with E-state index in [-0.39, 0.29) is 28.8 Å². The fraction of sp³-hybridized carbons (Fsp3) is 0.690. The van der Waals surface area contributed by atoms with Crippen molar-refractivity contribution in [2.75, 3.05) is 34.5 Å². The Morgan fingerprint density at radius 1 is 0.429 bits per heavy atom. The van der Waals surface area contributed by atoms with E-state index in [0.717, 1.165) is 13.8 Å². The van der Waals surface area contributed by atoms with Crippen molar-refractivity contribution in [3.8, 4) is 0 Å². The standard InChI is InChI=1S/C29H51N9O12S6/c1-10(29(49)50)31-22(42)14(5-52)33-24(44)16(7-54)35-27(47)19(11(2)39)38-26(46)18(9-56)36-28(48)20(12(3)40)37-25(45)17(8-55)34-23(43)15(6-53)32-21(41)13(30)4-51/h10-20,39-40,51-56H,4-9,30H2,1-3H3,(H,31,42)(H,32,41)(H,33,44)(H,34,43)(H,35,47)(H,36,48)(H,37,45)(H,38,46)(H,49,50)/t10-,11+,12+,13-,14-,15-,16-,17-,18-,19-,20-/m0/s1. The topological polar surface area (TPSA) is 337 Å². The van der Waals surface area contributed by atoms with Gasteiger partial charge in [-0.1, -0.05) is 0 Å². The number of hydrogen-bond donors (Lipinski definition) is 18. The molecule has 56 heavy (non-hydrogen) atoms. The molecule has 27 heteroatoms. The Morgan fingerprint density at radius 3 is 0.929 bits per heavy atom. The van der Waals surface area contributed by atoms with Crippen molar-refractivity contribution in [2.45, 2.75) is 87.4 Å². The third-order valence-electron chi connectivity index (χ3n) is 7.47. The molecular weight excluding hydrogens is 859 g/mol. The van der Waals surface area contributed by atoms with Gasteiger partial charge in [0.15, 0.2) is 0 Å². The minimum Gasteiger partial charge on any atom is -0.480 e. The number of carboxylic acids is 1. The van der Waals surface area contributed by atoms with E-state index in [1.807, 2.05) is 0 Å². The van der Waals surface area contributed by atoms with Crippen LogP contribution in [0.25, 0.3) is 0 Å². The molecule has 0 rings (SSSR count). The second kappa shape index (κ2) is 27.0. The highest BCUT2D eigenvalue weighted by molar-refractivity contribution is 7.81. The highest BCUT2D eigenvalue weighted by Gasteiger charge is 2.36. The number of carbonyl (C=O) groups excluding carboxylic acids is 8. The van der Waals surface area contributed by atoms with Gasteiger partial charge in [0.25, 0.3) is 0 Å². The van der Waals surface area contributed by atoms with Crippen LogP contribution in [-0.4, -0.2) is 170 Å². The zero-order valence-electron chi connectivity index (χ0n) is 30.4. The molecule has 11 atom stereocenters. The summed E-state index contributed by atoms with van der Waals surface area (Å²) in [5, 5.41) is 47.9. The first kappa shape index (κ1) is 53.2. The Hall–Kier alpha value is -2.79. The molecule has 0 bridgehead atoms. The summed E-state index contributed by atoms with van der Waals surface area (Å²) in [5.74, 6) is -10.4. The number of nitrogens with two attached hydrogens (primary N) is 1. The van der Waals surface area contributed by atoms with Crippen molar-refractivity contribution >= 4 is 129 Å². The lowest BCUT2D eigenvalue weighted by Gasteiger charge is -2.28. The third-order valence-corrected chi connectivity index (χ3v) is 9.68. The fourth-order valence-electron chi connectivity index (χ4n) is 4.09. The van der Waals surface area contributed by atoms with Crippen molar-refractivity contribution < 1.29 is 58.5 Å². The van der Waals surface area contributed by atoms with Crippen molar-refractivity contribution in [2.24, 2.45) is 5.73 Å². The average Bonchev–Trinajstić information content (AvgIpc) is 3.15. The Bertz CT molecular complexity index is 1400. The smallest absolute Gasteiger partial charge is 0.325 e. The second-order valence-corrected chi connectivity index (χ2v) is 14.2. The van der Waals surface area contributed by atoms with Gasteiger partial charge in [-0.25, -0.2) is 0 Å². The van der Waals surface area contributed by atoms with Crippen molar-refractivity contribution in [1.82, 2.24) is 42.5 Å². The van der Waals surface area contributed by atoms with E-state index in [1.54, 1.807) is 0 Å². The van der Waals surface area contributed by atoms with E-state index in [2.05, 4.69) is 118 Å². The third kappa shape index (κ3) is 17.8. The van der Waals surface area contributed by atoms with Crippen molar-refractivity contribution in [3.63, 3.8) is 0 Å². The Balaban J connectivity index is 5.75. The number of amides is 8. The molecule has 0 unspecified atom stereocenters. The number of carbonyl (C=O) groups is 9. The maximum atomic E-state index is 13.2. The van der Waals surface area contributed by atoms with Crippen LogP contribution in [0.5, 0.6) is 0 Å². The zero-order valence-corrected chi connectivity index (χ0v) is 35.7. The lowest BCUT2D eigenvalue weighted by molar-refractivity contribution is -0.141.